The number of nitrogens with zero attached hydrogens (tertiary/aromatic N) is 4. The molecule has 1 aromatic carbocycles. The van der Waals surface area contributed by atoms with E-state index in [0.29, 0.717) is 36.3 Å². The van der Waals surface area contributed by atoms with Gasteiger partial charge in [0.1, 0.15) is 17.2 Å². The molecule has 1 saturated heterocycles. The Bertz CT molecular complexity index is 968. The molecule has 0 radical (unpaired) electrons. The second kappa shape index (κ2) is 7.07. The summed E-state index contributed by atoms with van der Waals surface area (Å²) >= 11 is 0. The Kier molecular flexibility index (Phi) is 4.61. The lowest BCUT2D eigenvalue weighted by Crippen LogP contribution is -2.15. The third kappa shape index (κ3) is 3.55. The van der Waals surface area contributed by atoms with Gasteiger partial charge >= 0.3 is 0 Å². The molecule has 1 aliphatic rings. The number of hydrogen-bond donors (Lipinski definition) is 2. The van der Waals surface area contributed by atoms with Crippen LogP contribution >= 0.6 is 0 Å². The summed E-state index contributed by atoms with van der Waals surface area (Å²) in [7, 11) is 0. The second-order valence-electron chi connectivity index (χ2n) is 6.77. The van der Waals surface area contributed by atoms with E-state index in [9.17, 15) is 8.78 Å². The minimum atomic E-state index is -0.690. The van der Waals surface area contributed by atoms with Crippen LogP contribution in [0.2, 0.25) is 0 Å². The Morgan fingerprint density at radius 2 is 2.11 bits per heavy atom. The van der Waals surface area contributed by atoms with Crippen molar-refractivity contribution in [2.75, 3.05) is 23.8 Å². The average molecular weight is 374 g/mol. The lowest BCUT2D eigenvalue weighted by Gasteiger charge is -2.16. The van der Waals surface area contributed by atoms with E-state index in [1.165, 1.54) is 12.1 Å². The van der Waals surface area contributed by atoms with Gasteiger partial charge in [-0.25, -0.2) is 18.7 Å². The minimum absolute atomic E-state index is 0.0165. The van der Waals surface area contributed by atoms with Gasteiger partial charge in [0.25, 0.3) is 0 Å². The van der Waals surface area contributed by atoms with E-state index in [1.54, 1.807) is 6.20 Å². The predicted octanol–water partition coefficient (Wildman–Crippen LogP) is 3.63. The number of fused-ring (bicyclic) bond motifs is 1. The van der Waals surface area contributed by atoms with Crippen LogP contribution in [0.15, 0.2) is 24.4 Å². The number of hydrogen-bond acceptors (Lipinski definition) is 6. The van der Waals surface area contributed by atoms with Crippen molar-refractivity contribution in [3.8, 4) is 0 Å². The molecule has 3 aromatic rings. The van der Waals surface area contributed by atoms with Crippen LogP contribution in [0.1, 0.15) is 26.3 Å². The highest BCUT2D eigenvalue weighted by atomic mass is 19.1. The van der Waals surface area contributed by atoms with Crippen molar-refractivity contribution >= 4 is 28.7 Å². The molecule has 142 valence electrons. The van der Waals surface area contributed by atoms with Crippen LogP contribution < -0.4 is 10.6 Å². The van der Waals surface area contributed by atoms with E-state index in [2.05, 4.69) is 25.6 Å². The molecule has 0 bridgehead atoms. The quantitative estimate of drug-likeness (QED) is 0.710. The lowest BCUT2D eigenvalue weighted by atomic mass is 10.2. The van der Waals surface area contributed by atoms with E-state index in [4.69, 9.17) is 4.74 Å². The third-order valence-electron chi connectivity index (χ3n) is 4.30. The number of benzene rings is 1. The van der Waals surface area contributed by atoms with Gasteiger partial charge in [0.05, 0.1) is 24.5 Å². The number of anilines is 3. The number of aromatic nitrogens is 4. The van der Waals surface area contributed by atoms with Crippen LogP contribution in [0, 0.1) is 11.6 Å². The van der Waals surface area contributed by atoms with Crippen molar-refractivity contribution in [2.45, 2.75) is 32.4 Å². The standard InChI is InChI=1S/C18H20F2N6O/c1-10(2)22-17-21-8-15-16(25-17)26(12-5-6-27-9-12)18(24-15)23-14-4-3-11(19)7-13(14)20/h3-4,7-8,10,12H,5-6,9H2,1-2H3,(H,23,24)(H,21,22,25)/t12-/m0/s1. The summed E-state index contributed by atoms with van der Waals surface area (Å²) in [6.07, 6.45) is 2.43. The number of rotatable bonds is 5. The predicted molar refractivity (Wildman–Crippen MR) is 98.2 cm³/mol. The van der Waals surface area contributed by atoms with Gasteiger partial charge in [-0.3, -0.25) is 4.57 Å². The SMILES string of the molecule is CC(C)Nc1ncc2nc(Nc3ccc(F)cc3F)n([C@H]3CCOC3)c2n1. The van der Waals surface area contributed by atoms with Crippen LogP contribution in [0.3, 0.4) is 0 Å². The maximum absolute atomic E-state index is 14.1. The Morgan fingerprint density at radius 1 is 1.26 bits per heavy atom. The average Bonchev–Trinajstić information content (AvgIpc) is 3.23. The normalized spacial score (nSPS) is 17.0. The zero-order chi connectivity index (χ0) is 19.0. The molecule has 2 N–H and O–H groups in total. The fraction of sp³-hybridized carbons (Fsp3) is 0.389. The van der Waals surface area contributed by atoms with Crippen molar-refractivity contribution in [1.82, 2.24) is 19.5 Å². The summed E-state index contributed by atoms with van der Waals surface area (Å²) in [6.45, 7) is 5.15. The maximum Gasteiger partial charge on any atom is 0.224 e. The summed E-state index contributed by atoms with van der Waals surface area (Å²) in [6, 6.07) is 3.57. The summed E-state index contributed by atoms with van der Waals surface area (Å²) < 4.78 is 34.7. The maximum atomic E-state index is 14.1. The Hall–Kier alpha value is -2.81. The molecule has 9 heteroatoms. The monoisotopic (exact) mass is 374 g/mol. The topological polar surface area (TPSA) is 76.9 Å². The van der Waals surface area contributed by atoms with E-state index in [1.807, 2.05) is 18.4 Å². The van der Waals surface area contributed by atoms with Gasteiger partial charge in [0.15, 0.2) is 5.65 Å². The Morgan fingerprint density at radius 3 is 2.81 bits per heavy atom. The molecule has 0 spiro atoms. The van der Waals surface area contributed by atoms with Crippen molar-refractivity contribution < 1.29 is 13.5 Å². The summed E-state index contributed by atoms with van der Waals surface area (Å²) in [5.41, 5.74) is 1.36. The molecule has 0 amide bonds. The zero-order valence-electron chi connectivity index (χ0n) is 15.0. The second-order valence-corrected chi connectivity index (χ2v) is 6.77. The van der Waals surface area contributed by atoms with E-state index < -0.39 is 11.6 Å². The van der Waals surface area contributed by atoms with Crippen molar-refractivity contribution in [3.63, 3.8) is 0 Å². The molecule has 27 heavy (non-hydrogen) atoms. The fourth-order valence-electron chi connectivity index (χ4n) is 3.09. The van der Waals surface area contributed by atoms with E-state index >= 15 is 0 Å². The summed E-state index contributed by atoms with van der Waals surface area (Å²) in [5, 5.41) is 6.13. The number of ether oxygens (including phenoxy) is 1. The number of nitrogens with one attached hydrogen (secondary N) is 2. The van der Waals surface area contributed by atoms with Crippen LogP contribution in [-0.2, 0) is 4.74 Å². The van der Waals surface area contributed by atoms with Gasteiger partial charge in [0, 0.05) is 18.7 Å². The van der Waals surface area contributed by atoms with Crippen molar-refractivity contribution in [1.29, 1.82) is 0 Å². The minimum Gasteiger partial charge on any atom is -0.379 e. The molecule has 0 aliphatic carbocycles. The molecular weight excluding hydrogens is 354 g/mol. The molecule has 0 unspecified atom stereocenters. The van der Waals surface area contributed by atoms with Crippen LogP contribution in [-0.4, -0.2) is 38.8 Å². The molecule has 1 fully saturated rings. The largest absolute Gasteiger partial charge is 0.379 e. The van der Waals surface area contributed by atoms with Crippen LogP contribution in [0.5, 0.6) is 0 Å². The van der Waals surface area contributed by atoms with Gasteiger partial charge in [-0.15, -0.1) is 0 Å². The molecule has 3 heterocycles. The summed E-state index contributed by atoms with van der Waals surface area (Å²) in [4.78, 5) is 13.4. The van der Waals surface area contributed by atoms with Gasteiger partial charge in [-0.05, 0) is 32.4 Å². The highest BCUT2D eigenvalue weighted by Crippen LogP contribution is 2.31. The first kappa shape index (κ1) is 17.6. The van der Waals surface area contributed by atoms with Crippen LogP contribution in [0.4, 0.5) is 26.4 Å². The van der Waals surface area contributed by atoms with Crippen molar-refractivity contribution in [2.24, 2.45) is 0 Å². The smallest absolute Gasteiger partial charge is 0.224 e. The lowest BCUT2D eigenvalue weighted by molar-refractivity contribution is 0.187. The Balaban J connectivity index is 1.79. The van der Waals surface area contributed by atoms with Crippen molar-refractivity contribution in [3.05, 3.63) is 36.0 Å². The molecule has 4 rings (SSSR count). The highest BCUT2D eigenvalue weighted by molar-refractivity contribution is 5.76. The summed E-state index contributed by atoms with van der Waals surface area (Å²) in [5.74, 6) is -0.408. The molecule has 2 aromatic heterocycles. The van der Waals surface area contributed by atoms with E-state index in [-0.39, 0.29) is 17.8 Å². The number of halogens is 2. The molecule has 1 atom stereocenters. The fourth-order valence-corrected chi connectivity index (χ4v) is 3.09. The molecule has 7 nitrogen and oxygen atoms in total. The first-order chi connectivity index (χ1) is 13.0. The molecule has 1 aliphatic heterocycles. The van der Waals surface area contributed by atoms with Gasteiger partial charge in [-0.2, -0.15) is 4.98 Å². The number of imidazole rings is 1. The van der Waals surface area contributed by atoms with Gasteiger partial charge in [-0.1, -0.05) is 0 Å². The molecular formula is C18H20F2N6O. The molecule has 0 saturated carbocycles. The zero-order valence-corrected chi connectivity index (χ0v) is 15.0. The Labute approximate surface area is 154 Å². The first-order valence-electron chi connectivity index (χ1n) is 8.82. The van der Waals surface area contributed by atoms with Gasteiger partial charge in [0.2, 0.25) is 11.9 Å². The first-order valence-corrected chi connectivity index (χ1v) is 8.82. The third-order valence-corrected chi connectivity index (χ3v) is 4.30. The highest BCUT2D eigenvalue weighted by Gasteiger charge is 2.25. The van der Waals surface area contributed by atoms with Crippen LogP contribution in [0.25, 0.3) is 11.2 Å². The van der Waals surface area contributed by atoms with E-state index in [0.717, 1.165) is 12.5 Å². The van der Waals surface area contributed by atoms with Gasteiger partial charge < -0.3 is 15.4 Å².